The molecule has 6 heteroatoms. The van der Waals surface area contributed by atoms with Gasteiger partial charge in [0.15, 0.2) is 0 Å². The summed E-state index contributed by atoms with van der Waals surface area (Å²) in [5.74, 6) is -0.999. The first-order valence-electron chi connectivity index (χ1n) is 6.47. The van der Waals surface area contributed by atoms with E-state index in [-0.39, 0.29) is 6.42 Å². The summed E-state index contributed by atoms with van der Waals surface area (Å²) in [5, 5.41) is 12.0. The van der Waals surface area contributed by atoms with E-state index >= 15 is 0 Å². The molecule has 0 radical (unpaired) electrons. The van der Waals surface area contributed by atoms with Crippen molar-refractivity contribution in [1.29, 1.82) is 0 Å². The Kier molecular flexibility index (Phi) is 6.01. The Morgan fingerprint density at radius 1 is 1.30 bits per heavy atom. The maximum Gasteiger partial charge on any atom is 0.416 e. The van der Waals surface area contributed by atoms with Gasteiger partial charge in [-0.05, 0) is 37.1 Å². The van der Waals surface area contributed by atoms with Gasteiger partial charge in [0.1, 0.15) is 6.04 Å². The number of nitrogens with one attached hydrogen (secondary N) is 1. The summed E-state index contributed by atoms with van der Waals surface area (Å²) in [6.07, 6.45) is -2.41. The number of carbonyl (C=O) groups is 1. The highest BCUT2D eigenvalue weighted by atomic mass is 19.4. The second kappa shape index (κ2) is 7.28. The molecule has 0 unspecified atom stereocenters. The Morgan fingerprint density at radius 2 is 1.90 bits per heavy atom. The number of hydrogen-bond donors (Lipinski definition) is 2. The number of hydrogen-bond acceptors (Lipinski definition) is 2. The molecule has 0 aliphatic rings. The lowest BCUT2D eigenvalue weighted by Gasteiger charge is -2.15. The van der Waals surface area contributed by atoms with Gasteiger partial charge in [-0.2, -0.15) is 13.2 Å². The van der Waals surface area contributed by atoms with Crippen LogP contribution in [0.5, 0.6) is 0 Å². The molecule has 112 valence electrons. The van der Waals surface area contributed by atoms with Crippen LogP contribution in [0.3, 0.4) is 0 Å². The number of halogens is 3. The number of alkyl halides is 3. The molecule has 0 aromatic heterocycles. The van der Waals surface area contributed by atoms with Gasteiger partial charge in [-0.3, -0.25) is 4.79 Å². The van der Waals surface area contributed by atoms with Crippen molar-refractivity contribution in [3.05, 3.63) is 35.4 Å². The van der Waals surface area contributed by atoms with Crippen molar-refractivity contribution in [1.82, 2.24) is 5.32 Å². The highest BCUT2D eigenvalue weighted by molar-refractivity contribution is 5.73. The molecule has 0 aliphatic carbocycles. The van der Waals surface area contributed by atoms with Crippen LogP contribution in [0.1, 0.15) is 30.9 Å². The molecule has 1 atom stereocenters. The number of carboxylic acid groups (broad SMARTS) is 1. The summed E-state index contributed by atoms with van der Waals surface area (Å²) in [6.45, 7) is 2.57. The number of benzene rings is 1. The van der Waals surface area contributed by atoms with Crippen LogP contribution in [0, 0.1) is 0 Å². The van der Waals surface area contributed by atoms with E-state index < -0.39 is 23.8 Å². The predicted octanol–water partition coefficient (Wildman–Crippen LogP) is 3.09. The Labute approximate surface area is 115 Å². The molecule has 0 aliphatic heterocycles. The van der Waals surface area contributed by atoms with Gasteiger partial charge in [-0.25, -0.2) is 0 Å². The zero-order valence-electron chi connectivity index (χ0n) is 11.2. The molecule has 1 rings (SSSR count). The monoisotopic (exact) mass is 289 g/mol. The van der Waals surface area contributed by atoms with Crippen LogP contribution in [0.15, 0.2) is 24.3 Å². The zero-order valence-corrected chi connectivity index (χ0v) is 11.2. The van der Waals surface area contributed by atoms with Crippen molar-refractivity contribution < 1.29 is 23.1 Å². The van der Waals surface area contributed by atoms with E-state index in [1.54, 1.807) is 0 Å². The molecule has 2 N–H and O–H groups in total. The van der Waals surface area contributed by atoms with Gasteiger partial charge >= 0.3 is 12.1 Å². The van der Waals surface area contributed by atoms with Crippen molar-refractivity contribution in [3.8, 4) is 0 Å². The summed E-state index contributed by atoms with van der Waals surface area (Å²) in [5.41, 5.74) is -0.165. The molecule has 0 bridgehead atoms. The minimum absolute atomic E-state index is 0.164. The SMILES string of the molecule is CCCCN[C@@H](Cc1ccc(C(F)(F)F)cc1)C(=O)O. The standard InChI is InChI=1S/C14H18F3NO2/c1-2-3-8-18-12(13(19)20)9-10-4-6-11(7-5-10)14(15,16)17/h4-7,12,18H,2-3,8-9H2,1H3,(H,19,20)/t12-/m0/s1. The van der Waals surface area contributed by atoms with E-state index in [4.69, 9.17) is 5.11 Å². The molecule has 0 amide bonds. The molecule has 0 fully saturated rings. The Hall–Kier alpha value is -1.56. The van der Waals surface area contributed by atoms with Crippen LogP contribution >= 0.6 is 0 Å². The van der Waals surface area contributed by atoms with E-state index in [1.807, 2.05) is 6.92 Å². The molecule has 0 heterocycles. The van der Waals surface area contributed by atoms with Gasteiger partial charge in [0, 0.05) is 0 Å². The molecule has 0 saturated carbocycles. The van der Waals surface area contributed by atoms with Crippen molar-refractivity contribution in [2.75, 3.05) is 6.54 Å². The van der Waals surface area contributed by atoms with Crippen LogP contribution in [-0.4, -0.2) is 23.7 Å². The Bertz CT molecular complexity index is 429. The lowest BCUT2D eigenvalue weighted by atomic mass is 10.0. The minimum atomic E-state index is -4.37. The van der Waals surface area contributed by atoms with Crippen LogP contribution in [0.4, 0.5) is 13.2 Å². The third-order valence-electron chi connectivity index (χ3n) is 2.94. The molecular formula is C14H18F3NO2. The van der Waals surface area contributed by atoms with Crippen LogP contribution < -0.4 is 5.32 Å². The third-order valence-corrected chi connectivity index (χ3v) is 2.94. The zero-order chi connectivity index (χ0) is 15.2. The van der Waals surface area contributed by atoms with Gasteiger partial charge in [0.05, 0.1) is 5.56 Å². The fourth-order valence-electron chi connectivity index (χ4n) is 1.77. The summed E-state index contributed by atoms with van der Waals surface area (Å²) in [4.78, 5) is 11.1. The average molecular weight is 289 g/mol. The van der Waals surface area contributed by atoms with Crippen molar-refractivity contribution in [2.24, 2.45) is 0 Å². The Morgan fingerprint density at radius 3 is 2.35 bits per heavy atom. The second-order valence-corrected chi connectivity index (χ2v) is 4.60. The van der Waals surface area contributed by atoms with Crippen molar-refractivity contribution in [2.45, 2.75) is 38.4 Å². The molecular weight excluding hydrogens is 271 g/mol. The largest absolute Gasteiger partial charge is 0.480 e. The smallest absolute Gasteiger partial charge is 0.416 e. The average Bonchev–Trinajstić information content (AvgIpc) is 2.37. The van der Waals surface area contributed by atoms with Crippen LogP contribution in [0.25, 0.3) is 0 Å². The predicted molar refractivity (Wildman–Crippen MR) is 69.5 cm³/mol. The first-order valence-corrected chi connectivity index (χ1v) is 6.47. The Balaban J connectivity index is 2.67. The summed E-state index contributed by atoms with van der Waals surface area (Å²) in [7, 11) is 0. The highest BCUT2D eigenvalue weighted by Gasteiger charge is 2.30. The second-order valence-electron chi connectivity index (χ2n) is 4.60. The van der Waals surface area contributed by atoms with E-state index in [9.17, 15) is 18.0 Å². The van der Waals surface area contributed by atoms with Crippen LogP contribution in [-0.2, 0) is 17.4 Å². The molecule has 20 heavy (non-hydrogen) atoms. The number of carboxylic acids is 1. The normalized spacial score (nSPS) is 13.2. The molecule has 1 aromatic rings. The third kappa shape index (κ3) is 5.21. The maximum absolute atomic E-state index is 12.4. The van der Waals surface area contributed by atoms with Gasteiger partial charge in [0.25, 0.3) is 0 Å². The van der Waals surface area contributed by atoms with E-state index in [0.29, 0.717) is 12.1 Å². The lowest BCUT2D eigenvalue weighted by molar-refractivity contribution is -0.140. The fourth-order valence-corrected chi connectivity index (χ4v) is 1.77. The molecule has 0 spiro atoms. The molecule has 1 aromatic carbocycles. The molecule has 3 nitrogen and oxygen atoms in total. The summed E-state index contributed by atoms with van der Waals surface area (Å²) < 4.78 is 37.2. The highest BCUT2D eigenvalue weighted by Crippen LogP contribution is 2.29. The van der Waals surface area contributed by atoms with Gasteiger partial charge in [-0.1, -0.05) is 25.5 Å². The minimum Gasteiger partial charge on any atom is -0.480 e. The fraction of sp³-hybridized carbons (Fsp3) is 0.500. The van der Waals surface area contributed by atoms with Crippen molar-refractivity contribution in [3.63, 3.8) is 0 Å². The van der Waals surface area contributed by atoms with Gasteiger partial charge in [0.2, 0.25) is 0 Å². The summed E-state index contributed by atoms with van der Waals surface area (Å²) in [6, 6.07) is 3.81. The number of aliphatic carboxylic acids is 1. The molecule has 0 saturated heterocycles. The van der Waals surface area contributed by atoms with Crippen molar-refractivity contribution >= 4 is 5.97 Å². The topological polar surface area (TPSA) is 49.3 Å². The van der Waals surface area contributed by atoms with E-state index in [1.165, 1.54) is 12.1 Å². The van der Waals surface area contributed by atoms with Crippen LogP contribution in [0.2, 0.25) is 0 Å². The first-order chi connectivity index (χ1) is 9.34. The first kappa shape index (κ1) is 16.5. The lowest BCUT2D eigenvalue weighted by Crippen LogP contribution is -2.39. The number of unbranched alkanes of at least 4 members (excludes halogenated alkanes) is 1. The maximum atomic E-state index is 12.4. The van der Waals surface area contributed by atoms with Gasteiger partial charge in [-0.15, -0.1) is 0 Å². The van der Waals surface area contributed by atoms with E-state index in [2.05, 4.69) is 5.32 Å². The summed E-state index contributed by atoms with van der Waals surface area (Å²) >= 11 is 0. The quantitative estimate of drug-likeness (QED) is 0.758. The van der Waals surface area contributed by atoms with Gasteiger partial charge < -0.3 is 10.4 Å². The van der Waals surface area contributed by atoms with E-state index in [0.717, 1.165) is 25.0 Å². The number of rotatable bonds is 7.